The largest absolute Gasteiger partial charge is 0.480 e. The normalized spacial score (nSPS) is 24.4. The van der Waals surface area contributed by atoms with Gasteiger partial charge in [-0.2, -0.15) is 0 Å². The molecule has 2 aromatic rings. The van der Waals surface area contributed by atoms with Crippen LogP contribution in [0.2, 0.25) is 0 Å². The van der Waals surface area contributed by atoms with Crippen molar-refractivity contribution in [2.24, 2.45) is 5.92 Å². The molecule has 3 atom stereocenters. The minimum Gasteiger partial charge on any atom is -0.480 e. The van der Waals surface area contributed by atoms with Gasteiger partial charge in [-0.05, 0) is 42.3 Å². The molecule has 0 spiro atoms. The van der Waals surface area contributed by atoms with Gasteiger partial charge in [0, 0.05) is 28.9 Å². The van der Waals surface area contributed by atoms with Gasteiger partial charge < -0.3 is 15.7 Å². The van der Waals surface area contributed by atoms with Crippen molar-refractivity contribution < 1.29 is 9.90 Å². The second-order valence-electron chi connectivity index (χ2n) is 6.11. The average molecular weight is 306 g/mol. The number of carboxylic acid groups (broad SMARTS) is 1. The predicted octanol–water partition coefficient (Wildman–Crippen LogP) is 3.97. The van der Waals surface area contributed by atoms with Crippen molar-refractivity contribution in [1.82, 2.24) is 0 Å². The van der Waals surface area contributed by atoms with E-state index in [2.05, 4.69) is 28.9 Å². The summed E-state index contributed by atoms with van der Waals surface area (Å²) in [5.41, 5.74) is 4.15. The molecule has 23 heavy (non-hydrogen) atoms. The van der Waals surface area contributed by atoms with Crippen molar-refractivity contribution in [3.8, 4) is 0 Å². The van der Waals surface area contributed by atoms with Crippen LogP contribution in [0.3, 0.4) is 0 Å². The third-order valence-electron chi connectivity index (χ3n) is 4.69. The number of aliphatic carboxylic acids is 1. The number of benzene rings is 2. The van der Waals surface area contributed by atoms with Gasteiger partial charge in [-0.15, -0.1) is 0 Å². The molecule has 2 aliphatic rings. The zero-order chi connectivity index (χ0) is 15.8. The summed E-state index contributed by atoms with van der Waals surface area (Å²) in [7, 11) is 0. The lowest BCUT2D eigenvalue weighted by atomic mass is 9.79. The topological polar surface area (TPSA) is 61.4 Å². The number of nitrogens with one attached hydrogen (secondary N) is 2. The summed E-state index contributed by atoms with van der Waals surface area (Å²) in [5, 5.41) is 16.0. The van der Waals surface area contributed by atoms with E-state index in [0.29, 0.717) is 0 Å². The van der Waals surface area contributed by atoms with E-state index in [0.717, 1.165) is 23.5 Å². The fourth-order valence-electron chi connectivity index (χ4n) is 3.60. The quantitative estimate of drug-likeness (QED) is 0.751. The summed E-state index contributed by atoms with van der Waals surface area (Å²) in [6, 6.07) is 15.6. The molecule has 0 bridgehead atoms. The number of carboxylic acids is 1. The maximum Gasteiger partial charge on any atom is 0.326 e. The molecule has 0 aromatic heterocycles. The van der Waals surface area contributed by atoms with Crippen molar-refractivity contribution in [2.45, 2.75) is 18.4 Å². The van der Waals surface area contributed by atoms with Crippen LogP contribution in [0.25, 0.3) is 0 Å². The maximum absolute atomic E-state index is 11.5. The van der Waals surface area contributed by atoms with E-state index in [1.807, 2.05) is 42.5 Å². The van der Waals surface area contributed by atoms with Gasteiger partial charge in [0.15, 0.2) is 0 Å². The molecule has 3 N–H and O–H groups in total. The highest BCUT2D eigenvalue weighted by atomic mass is 16.4. The Bertz CT molecular complexity index is 770. The molecule has 0 saturated heterocycles. The maximum atomic E-state index is 11.5. The number of fused-ring (bicyclic) bond motifs is 3. The SMILES string of the molecule is O=C(O)C1Nc2ccc(Nc3ccccc3)cc2C2C=CCC12. The molecule has 4 rings (SSSR count). The monoisotopic (exact) mass is 306 g/mol. The Hall–Kier alpha value is -2.75. The smallest absolute Gasteiger partial charge is 0.326 e. The van der Waals surface area contributed by atoms with Crippen molar-refractivity contribution in [3.63, 3.8) is 0 Å². The van der Waals surface area contributed by atoms with E-state index in [-0.39, 0.29) is 11.8 Å². The second kappa shape index (κ2) is 5.47. The van der Waals surface area contributed by atoms with Crippen LogP contribution in [-0.2, 0) is 4.79 Å². The van der Waals surface area contributed by atoms with Crippen LogP contribution in [0.4, 0.5) is 17.1 Å². The van der Waals surface area contributed by atoms with Gasteiger partial charge in [0.1, 0.15) is 6.04 Å². The Morgan fingerprint density at radius 2 is 1.96 bits per heavy atom. The Morgan fingerprint density at radius 1 is 1.13 bits per heavy atom. The average Bonchev–Trinajstić information content (AvgIpc) is 3.05. The summed E-state index contributed by atoms with van der Waals surface area (Å²) in [4.78, 5) is 11.5. The minimum absolute atomic E-state index is 0.0898. The van der Waals surface area contributed by atoms with E-state index in [1.165, 1.54) is 5.56 Å². The molecule has 1 aliphatic heterocycles. The van der Waals surface area contributed by atoms with Gasteiger partial charge in [-0.1, -0.05) is 30.4 Å². The predicted molar refractivity (Wildman–Crippen MR) is 91.2 cm³/mol. The zero-order valence-corrected chi connectivity index (χ0v) is 12.6. The van der Waals surface area contributed by atoms with Crippen molar-refractivity contribution in [3.05, 3.63) is 66.2 Å². The van der Waals surface area contributed by atoms with Gasteiger partial charge in [0.2, 0.25) is 0 Å². The zero-order valence-electron chi connectivity index (χ0n) is 12.6. The number of allylic oxidation sites excluding steroid dienone is 2. The standard InChI is InChI=1S/C19H18N2O2/c22-19(23)18-15-8-4-7-14(15)16-11-13(9-10-17(16)21-18)20-12-5-2-1-3-6-12/h1-7,9-11,14-15,18,20-21H,8H2,(H,22,23). The van der Waals surface area contributed by atoms with E-state index >= 15 is 0 Å². The summed E-state index contributed by atoms with van der Waals surface area (Å²) in [6.45, 7) is 0. The highest BCUT2D eigenvalue weighted by Gasteiger charge is 2.40. The van der Waals surface area contributed by atoms with E-state index in [1.54, 1.807) is 0 Å². The Balaban J connectivity index is 1.68. The lowest BCUT2D eigenvalue weighted by molar-refractivity contribution is -0.139. The first-order valence-electron chi connectivity index (χ1n) is 7.84. The molecule has 4 nitrogen and oxygen atoms in total. The second-order valence-corrected chi connectivity index (χ2v) is 6.11. The lowest BCUT2D eigenvalue weighted by Gasteiger charge is -2.35. The summed E-state index contributed by atoms with van der Waals surface area (Å²) >= 11 is 0. The van der Waals surface area contributed by atoms with Gasteiger partial charge in [-0.25, -0.2) is 4.79 Å². The number of rotatable bonds is 3. The molecule has 0 fully saturated rings. The van der Waals surface area contributed by atoms with Crippen molar-refractivity contribution in [1.29, 1.82) is 0 Å². The van der Waals surface area contributed by atoms with Crippen LogP contribution in [0.5, 0.6) is 0 Å². The number of para-hydroxylation sites is 1. The lowest BCUT2D eigenvalue weighted by Crippen LogP contribution is -2.41. The van der Waals surface area contributed by atoms with Crippen molar-refractivity contribution >= 4 is 23.0 Å². The molecule has 3 unspecified atom stereocenters. The summed E-state index contributed by atoms with van der Waals surface area (Å²) in [5.74, 6) is -0.516. The Kier molecular flexibility index (Phi) is 3.30. The van der Waals surface area contributed by atoms with Gasteiger partial charge in [0.05, 0.1) is 0 Å². The molecular formula is C19H18N2O2. The minimum atomic E-state index is -0.777. The summed E-state index contributed by atoms with van der Waals surface area (Å²) in [6.07, 6.45) is 5.05. The molecule has 1 aliphatic carbocycles. The first-order valence-corrected chi connectivity index (χ1v) is 7.84. The Labute approximate surface area is 134 Å². The number of carbonyl (C=O) groups is 1. The summed E-state index contributed by atoms with van der Waals surface area (Å²) < 4.78 is 0. The van der Waals surface area contributed by atoms with Gasteiger partial charge in [-0.3, -0.25) is 0 Å². The fraction of sp³-hybridized carbons (Fsp3) is 0.211. The van der Waals surface area contributed by atoms with Crippen LogP contribution < -0.4 is 10.6 Å². The van der Waals surface area contributed by atoms with Crippen LogP contribution in [-0.4, -0.2) is 17.1 Å². The molecular weight excluding hydrogens is 288 g/mol. The van der Waals surface area contributed by atoms with E-state index < -0.39 is 12.0 Å². The molecule has 1 heterocycles. The molecule has 4 heteroatoms. The van der Waals surface area contributed by atoms with E-state index in [4.69, 9.17) is 0 Å². The van der Waals surface area contributed by atoms with Crippen LogP contribution in [0, 0.1) is 5.92 Å². The highest BCUT2D eigenvalue weighted by Crippen LogP contribution is 2.45. The molecule has 0 amide bonds. The molecule has 116 valence electrons. The first-order chi connectivity index (χ1) is 11.2. The Morgan fingerprint density at radius 3 is 2.74 bits per heavy atom. The number of hydrogen-bond donors (Lipinski definition) is 3. The molecule has 0 radical (unpaired) electrons. The highest BCUT2D eigenvalue weighted by molar-refractivity contribution is 5.81. The number of hydrogen-bond acceptors (Lipinski definition) is 3. The third kappa shape index (κ3) is 2.46. The van der Waals surface area contributed by atoms with E-state index in [9.17, 15) is 9.90 Å². The van der Waals surface area contributed by atoms with Crippen LogP contribution in [0.15, 0.2) is 60.7 Å². The fourth-order valence-corrected chi connectivity index (χ4v) is 3.60. The number of anilines is 3. The molecule has 2 aromatic carbocycles. The third-order valence-corrected chi connectivity index (χ3v) is 4.69. The van der Waals surface area contributed by atoms with Gasteiger partial charge in [0.25, 0.3) is 0 Å². The first kappa shape index (κ1) is 13.9. The van der Waals surface area contributed by atoms with Gasteiger partial charge >= 0.3 is 5.97 Å². The van der Waals surface area contributed by atoms with Crippen LogP contribution >= 0.6 is 0 Å². The van der Waals surface area contributed by atoms with Crippen LogP contribution in [0.1, 0.15) is 17.9 Å². The molecule has 0 saturated carbocycles. The van der Waals surface area contributed by atoms with Crippen molar-refractivity contribution in [2.75, 3.05) is 10.6 Å².